The van der Waals surface area contributed by atoms with Crippen LogP contribution in [0.2, 0.25) is 0 Å². The molecule has 30 heavy (non-hydrogen) atoms. The number of thioether (sulfide) groups is 1. The number of methoxy groups -OCH3 is 2. The van der Waals surface area contributed by atoms with Crippen LogP contribution in [-0.4, -0.2) is 40.4 Å². The molecule has 0 atom stereocenters. The van der Waals surface area contributed by atoms with E-state index in [4.69, 9.17) is 9.47 Å². The topological polar surface area (TPSA) is 98.2 Å². The fourth-order valence-corrected chi connectivity index (χ4v) is 3.90. The van der Waals surface area contributed by atoms with Crippen molar-refractivity contribution in [2.75, 3.05) is 25.3 Å². The van der Waals surface area contributed by atoms with Crippen molar-refractivity contribution in [1.29, 1.82) is 0 Å². The van der Waals surface area contributed by atoms with Crippen molar-refractivity contribution in [3.8, 4) is 11.5 Å². The van der Waals surface area contributed by atoms with Crippen molar-refractivity contribution in [3.05, 3.63) is 40.3 Å². The Morgan fingerprint density at radius 2 is 2.00 bits per heavy atom. The van der Waals surface area contributed by atoms with Crippen LogP contribution in [0.1, 0.15) is 25.5 Å². The molecule has 0 aliphatic heterocycles. The molecule has 8 nitrogen and oxygen atoms in total. The van der Waals surface area contributed by atoms with E-state index in [1.807, 2.05) is 13.0 Å². The Hall–Kier alpha value is -2.94. The molecule has 0 aliphatic carbocycles. The van der Waals surface area contributed by atoms with Crippen LogP contribution in [0.25, 0.3) is 11.0 Å². The lowest BCUT2D eigenvalue weighted by Gasteiger charge is -2.12. The van der Waals surface area contributed by atoms with Crippen LogP contribution in [0.15, 0.2) is 34.2 Å². The number of nitrogens with one attached hydrogen (secondary N) is 2. The molecule has 160 valence electrons. The van der Waals surface area contributed by atoms with E-state index in [-0.39, 0.29) is 17.2 Å². The van der Waals surface area contributed by atoms with Gasteiger partial charge in [0.15, 0.2) is 16.7 Å². The molecule has 0 bridgehead atoms. The van der Waals surface area contributed by atoms with Gasteiger partial charge in [-0.05, 0) is 31.5 Å². The number of rotatable bonds is 9. The molecule has 2 aromatic heterocycles. The Morgan fingerprint density at radius 3 is 2.70 bits per heavy atom. The summed E-state index contributed by atoms with van der Waals surface area (Å²) in [6, 6.07) is 7.02. The predicted octanol–water partition coefficient (Wildman–Crippen LogP) is 3.58. The van der Waals surface area contributed by atoms with Crippen molar-refractivity contribution in [2.45, 2.75) is 38.4 Å². The standard InChI is InChI=1S/C21H26N4O4S/c1-5-6-9-25-20(27)19-15(10-13(2)22-19)24-21(25)30-12-18(26)23-14-7-8-16(28-3)17(11-14)29-4/h7-8,10-11,22H,5-6,9,12H2,1-4H3,(H,23,26). The molecule has 3 rings (SSSR count). The molecule has 1 aromatic carbocycles. The summed E-state index contributed by atoms with van der Waals surface area (Å²) < 4.78 is 12.1. The summed E-state index contributed by atoms with van der Waals surface area (Å²) in [5.41, 5.74) is 2.50. The van der Waals surface area contributed by atoms with Crippen molar-refractivity contribution in [2.24, 2.45) is 0 Å². The van der Waals surface area contributed by atoms with Crippen molar-refractivity contribution in [3.63, 3.8) is 0 Å². The third-order valence-corrected chi connectivity index (χ3v) is 5.55. The van der Waals surface area contributed by atoms with Crippen molar-refractivity contribution < 1.29 is 14.3 Å². The molecule has 0 fully saturated rings. The summed E-state index contributed by atoms with van der Waals surface area (Å²) >= 11 is 1.25. The number of fused-ring (bicyclic) bond motifs is 1. The number of aryl methyl sites for hydroxylation is 1. The number of unbranched alkanes of at least 4 members (excludes halogenated alkanes) is 1. The van der Waals surface area contributed by atoms with E-state index in [9.17, 15) is 9.59 Å². The molecule has 1 amide bonds. The molecule has 0 saturated carbocycles. The van der Waals surface area contributed by atoms with Gasteiger partial charge in [-0.25, -0.2) is 4.98 Å². The average Bonchev–Trinajstić information content (AvgIpc) is 3.12. The van der Waals surface area contributed by atoms with Gasteiger partial charge in [0.25, 0.3) is 5.56 Å². The second-order valence-corrected chi connectivity index (χ2v) is 7.77. The van der Waals surface area contributed by atoms with Gasteiger partial charge >= 0.3 is 0 Å². The van der Waals surface area contributed by atoms with Crippen LogP contribution >= 0.6 is 11.8 Å². The zero-order valence-corrected chi connectivity index (χ0v) is 18.4. The first-order chi connectivity index (χ1) is 14.5. The molecular weight excluding hydrogens is 404 g/mol. The highest BCUT2D eigenvalue weighted by molar-refractivity contribution is 7.99. The average molecular weight is 431 g/mol. The van der Waals surface area contributed by atoms with E-state index in [1.54, 1.807) is 37.0 Å². The molecule has 0 unspecified atom stereocenters. The number of benzene rings is 1. The predicted molar refractivity (Wildman–Crippen MR) is 119 cm³/mol. The number of nitrogens with zero attached hydrogens (tertiary/aromatic N) is 2. The fourth-order valence-electron chi connectivity index (χ4n) is 3.08. The first kappa shape index (κ1) is 21.8. The summed E-state index contributed by atoms with van der Waals surface area (Å²) in [7, 11) is 3.10. The third-order valence-electron chi connectivity index (χ3n) is 4.57. The number of aromatic nitrogens is 3. The maximum absolute atomic E-state index is 12.9. The van der Waals surface area contributed by atoms with Crippen LogP contribution in [0.3, 0.4) is 0 Å². The molecule has 0 aliphatic rings. The van der Waals surface area contributed by atoms with E-state index in [1.165, 1.54) is 11.8 Å². The van der Waals surface area contributed by atoms with Gasteiger partial charge in [0.05, 0.1) is 25.5 Å². The van der Waals surface area contributed by atoms with Crippen molar-refractivity contribution in [1.82, 2.24) is 14.5 Å². The lowest BCUT2D eigenvalue weighted by molar-refractivity contribution is -0.113. The van der Waals surface area contributed by atoms with E-state index in [0.717, 1.165) is 18.5 Å². The van der Waals surface area contributed by atoms with Gasteiger partial charge in [-0.3, -0.25) is 14.2 Å². The van der Waals surface area contributed by atoms with Crippen LogP contribution in [0.4, 0.5) is 5.69 Å². The largest absolute Gasteiger partial charge is 0.493 e. The first-order valence-electron chi connectivity index (χ1n) is 9.71. The molecule has 9 heteroatoms. The quantitative estimate of drug-likeness (QED) is 0.398. The maximum atomic E-state index is 12.9. The fraction of sp³-hybridized carbons (Fsp3) is 0.381. The van der Waals surface area contributed by atoms with Gasteiger partial charge < -0.3 is 19.8 Å². The highest BCUT2D eigenvalue weighted by atomic mass is 32.2. The van der Waals surface area contributed by atoms with Gasteiger partial charge in [-0.1, -0.05) is 25.1 Å². The number of anilines is 1. The highest BCUT2D eigenvalue weighted by Crippen LogP contribution is 2.30. The van der Waals surface area contributed by atoms with Gasteiger partial charge in [0.2, 0.25) is 5.91 Å². The Kier molecular flexibility index (Phi) is 7.04. The Morgan fingerprint density at radius 1 is 1.23 bits per heavy atom. The molecule has 3 aromatic rings. The number of H-pyrrole nitrogens is 1. The minimum absolute atomic E-state index is 0.107. The van der Waals surface area contributed by atoms with Gasteiger partial charge in [-0.2, -0.15) is 0 Å². The monoisotopic (exact) mass is 430 g/mol. The van der Waals surface area contributed by atoms with Crippen LogP contribution in [-0.2, 0) is 11.3 Å². The number of aromatic amines is 1. The van der Waals surface area contributed by atoms with Gasteiger partial charge in [0.1, 0.15) is 5.52 Å². The molecule has 2 heterocycles. The number of hydrogen-bond donors (Lipinski definition) is 2. The summed E-state index contributed by atoms with van der Waals surface area (Å²) in [4.78, 5) is 33.1. The highest BCUT2D eigenvalue weighted by Gasteiger charge is 2.15. The molecular formula is C21H26N4O4S. The summed E-state index contributed by atoms with van der Waals surface area (Å²) in [5, 5.41) is 3.38. The second-order valence-electron chi connectivity index (χ2n) is 6.82. The molecule has 2 N–H and O–H groups in total. The lowest BCUT2D eigenvalue weighted by Crippen LogP contribution is -2.24. The smallest absolute Gasteiger partial charge is 0.278 e. The number of ether oxygens (including phenoxy) is 2. The zero-order chi connectivity index (χ0) is 21.7. The molecule has 0 spiro atoms. The molecule has 0 radical (unpaired) electrons. The van der Waals surface area contributed by atoms with Crippen LogP contribution in [0, 0.1) is 6.92 Å². The summed E-state index contributed by atoms with van der Waals surface area (Å²) in [6.07, 6.45) is 1.82. The number of carbonyl (C=O) groups is 1. The molecule has 0 saturated heterocycles. The van der Waals surface area contributed by atoms with E-state index in [0.29, 0.717) is 39.9 Å². The van der Waals surface area contributed by atoms with E-state index < -0.39 is 0 Å². The third kappa shape index (κ3) is 4.79. The number of hydrogen-bond acceptors (Lipinski definition) is 6. The van der Waals surface area contributed by atoms with E-state index in [2.05, 4.69) is 22.2 Å². The Labute approximate surface area is 179 Å². The SMILES string of the molecule is CCCCn1c(SCC(=O)Nc2ccc(OC)c(OC)c2)nc2cc(C)[nH]c2c1=O. The van der Waals surface area contributed by atoms with E-state index >= 15 is 0 Å². The maximum Gasteiger partial charge on any atom is 0.278 e. The first-order valence-corrected chi connectivity index (χ1v) is 10.7. The second kappa shape index (κ2) is 9.71. The van der Waals surface area contributed by atoms with Gasteiger partial charge in [0, 0.05) is 24.0 Å². The summed E-state index contributed by atoms with van der Waals surface area (Å²) in [6.45, 7) is 4.52. The number of amides is 1. The minimum Gasteiger partial charge on any atom is -0.493 e. The Balaban J connectivity index is 1.77. The van der Waals surface area contributed by atoms with Crippen LogP contribution in [0.5, 0.6) is 11.5 Å². The summed E-state index contributed by atoms with van der Waals surface area (Å²) in [5.74, 6) is 1.05. The Bertz CT molecular complexity index is 1110. The lowest BCUT2D eigenvalue weighted by atomic mass is 10.2. The number of carbonyl (C=O) groups excluding carboxylic acids is 1. The van der Waals surface area contributed by atoms with Gasteiger partial charge in [-0.15, -0.1) is 0 Å². The zero-order valence-electron chi connectivity index (χ0n) is 17.6. The van der Waals surface area contributed by atoms with Crippen molar-refractivity contribution >= 4 is 34.4 Å². The minimum atomic E-state index is -0.200. The van der Waals surface area contributed by atoms with Crippen LogP contribution < -0.4 is 20.3 Å². The normalized spacial score (nSPS) is 10.9.